The second-order valence-electron chi connectivity index (χ2n) is 4.90. The quantitative estimate of drug-likeness (QED) is 0.741. The van der Waals surface area contributed by atoms with Gasteiger partial charge in [0.2, 0.25) is 11.8 Å². The fourth-order valence-electron chi connectivity index (χ4n) is 1.87. The lowest BCUT2D eigenvalue weighted by Gasteiger charge is -2.07. The minimum absolute atomic E-state index is 0.138. The largest absolute Gasteiger partial charge is 0.326 e. The van der Waals surface area contributed by atoms with E-state index in [9.17, 15) is 9.59 Å². The van der Waals surface area contributed by atoms with Crippen LogP contribution in [0.15, 0.2) is 33.7 Å². The van der Waals surface area contributed by atoms with Crippen molar-refractivity contribution in [3.05, 3.63) is 28.7 Å². The molecule has 1 heterocycles. The lowest BCUT2D eigenvalue weighted by Crippen LogP contribution is -2.28. The Morgan fingerprint density at radius 3 is 2.82 bits per heavy atom. The van der Waals surface area contributed by atoms with E-state index in [1.165, 1.54) is 11.8 Å². The zero-order valence-corrected chi connectivity index (χ0v) is 14.7. The van der Waals surface area contributed by atoms with Gasteiger partial charge in [-0.15, -0.1) is 0 Å². The van der Waals surface area contributed by atoms with Crippen LogP contribution in [0.5, 0.6) is 0 Å². The highest BCUT2D eigenvalue weighted by Crippen LogP contribution is 2.23. The van der Waals surface area contributed by atoms with Crippen LogP contribution in [0.4, 0.5) is 5.69 Å². The topological polar surface area (TPSA) is 70.6 Å². The van der Waals surface area contributed by atoms with E-state index in [1.54, 1.807) is 0 Å². The Morgan fingerprint density at radius 2 is 2.14 bits per heavy atom. The Balaban J connectivity index is 1.85. The molecule has 7 heteroatoms. The maximum Gasteiger partial charge on any atom is 0.240 e. The van der Waals surface area contributed by atoms with Crippen molar-refractivity contribution in [3.8, 4) is 0 Å². The SMILES string of the molecule is CCCCN=C1NC(=O)[C@@H](CC(=O)Nc2ccc(Br)cc2)S1. The Bertz CT molecular complexity index is 575. The lowest BCUT2D eigenvalue weighted by molar-refractivity contribution is -0.122. The Hall–Kier alpha value is -1.34. The number of amidine groups is 1. The summed E-state index contributed by atoms with van der Waals surface area (Å²) in [6.45, 7) is 2.80. The molecule has 1 aliphatic rings. The number of unbranched alkanes of at least 4 members (excludes halogenated alkanes) is 1. The third-order valence-electron chi connectivity index (χ3n) is 3.04. The third kappa shape index (κ3) is 5.14. The second-order valence-corrected chi connectivity index (χ2v) is 7.00. The van der Waals surface area contributed by atoms with Crippen molar-refractivity contribution in [2.45, 2.75) is 31.4 Å². The molecule has 0 radical (unpaired) electrons. The molecule has 2 rings (SSSR count). The summed E-state index contributed by atoms with van der Waals surface area (Å²) in [6, 6.07) is 7.32. The van der Waals surface area contributed by atoms with E-state index in [4.69, 9.17) is 0 Å². The van der Waals surface area contributed by atoms with E-state index < -0.39 is 5.25 Å². The number of nitrogens with one attached hydrogen (secondary N) is 2. The van der Waals surface area contributed by atoms with Crippen LogP contribution in [0, 0.1) is 0 Å². The van der Waals surface area contributed by atoms with Crippen LogP contribution in [-0.4, -0.2) is 28.8 Å². The highest BCUT2D eigenvalue weighted by molar-refractivity contribution is 9.10. The lowest BCUT2D eigenvalue weighted by atomic mass is 10.2. The van der Waals surface area contributed by atoms with Gasteiger partial charge >= 0.3 is 0 Å². The first-order chi connectivity index (χ1) is 10.6. The van der Waals surface area contributed by atoms with Crippen molar-refractivity contribution in [2.75, 3.05) is 11.9 Å². The van der Waals surface area contributed by atoms with Gasteiger partial charge in [0.15, 0.2) is 5.17 Å². The minimum atomic E-state index is -0.407. The summed E-state index contributed by atoms with van der Waals surface area (Å²) in [5.41, 5.74) is 0.716. The van der Waals surface area contributed by atoms with Crippen molar-refractivity contribution in [1.82, 2.24) is 5.32 Å². The van der Waals surface area contributed by atoms with E-state index in [-0.39, 0.29) is 18.2 Å². The highest BCUT2D eigenvalue weighted by atomic mass is 79.9. The second kappa shape index (κ2) is 8.33. The van der Waals surface area contributed by atoms with Gasteiger partial charge in [-0.05, 0) is 30.7 Å². The number of rotatable bonds is 6. The molecule has 5 nitrogen and oxygen atoms in total. The van der Waals surface area contributed by atoms with Crippen LogP contribution in [-0.2, 0) is 9.59 Å². The molecule has 2 amide bonds. The number of carbonyl (C=O) groups excluding carboxylic acids is 2. The van der Waals surface area contributed by atoms with Crippen LogP contribution in [0.1, 0.15) is 26.2 Å². The fourth-order valence-corrected chi connectivity index (χ4v) is 3.13. The first-order valence-corrected chi connectivity index (χ1v) is 8.83. The van der Waals surface area contributed by atoms with Gasteiger partial charge < -0.3 is 10.6 Å². The monoisotopic (exact) mass is 383 g/mol. The molecule has 0 bridgehead atoms. The molecule has 1 saturated heterocycles. The van der Waals surface area contributed by atoms with Gasteiger partial charge in [0.1, 0.15) is 5.25 Å². The zero-order chi connectivity index (χ0) is 15.9. The van der Waals surface area contributed by atoms with Crippen molar-refractivity contribution in [1.29, 1.82) is 0 Å². The number of aliphatic imine (C=N–C) groups is 1. The average Bonchev–Trinajstić information content (AvgIpc) is 2.82. The van der Waals surface area contributed by atoms with Crippen LogP contribution in [0.25, 0.3) is 0 Å². The number of carbonyl (C=O) groups is 2. The van der Waals surface area contributed by atoms with Crippen LogP contribution >= 0.6 is 27.7 Å². The van der Waals surface area contributed by atoms with Crippen molar-refractivity contribution in [2.24, 2.45) is 4.99 Å². The molecule has 0 aromatic heterocycles. The Kier molecular flexibility index (Phi) is 6.45. The molecule has 22 heavy (non-hydrogen) atoms. The predicted molar refractivity (Wildman–Crippen MR) is 94.1 cm³/mol. The number of anilines is 1. The minimum Gasteiger partial charge on any atom is -0.326 e. The molecule has 1 aliphatic heterocycles. The molecule has 1 atom stereocenters. The number of nitrogens with zero attached hydrogens (tertiary/aromatic N) is 1. The van der Waals surface area contributed by atoms with E-state index in [0.29, 0.717) is 17.4 Å². The maximum absolute atomic E-state index is 12.0. The molecule has 0 saturated carbocycles. The molecular formula is C15H18BrN3O2S. The summed E-state index contributed by atoms with van der Waals surface area (Å²) in [5.74, 6) is -0.323. The van der Waals surface area contributed by atoms with Crippen molar-refractivity contribution < 1.29 is 9.59 Å². The predicted octanol–water partition coefficient (Wildman–Crippen LogP) is 3.17. The van der Waals surface area contributed by atoms with Gasteiger partial charge in [-0.2, -0.15) is 0 Å². The van der Waals surface area contributed by atoms with E-state index >= 15 is 0 Å². The normalized spacial score (nSPS) is 19.3. The molecule has 0 spiro atoms. The molecule has 1 aromatic carbocycles. The van der Waals surface area contributed by atoms with Gasteiger partial charge in [-0.1, -0.05) is 41.0 Å². The number of hydrogen-bond acceptors (Lipinski definition) is 4. The van der Waals surface area contributed by atoms with Crippen LogP contribution in [0.2, 0.25) is 0 Å². The van der Waals surface area contributed by atoms with Gasteiger partial charge in [-0.25, -0.2) is 0 Å². The molecule has 1 fully saturated rings. The first-order valence-electron chi connectivity index (χ1n) is 7.16. The summed E-state index contributed by atoms with van der Waals surface area (Å²) < 4.78 is 0.948. The van der Waals surface area contributed by atoms with Crippen LogP contribution in [0.3, 0.4) is 0 Å². The van der Waals surface area contributed by atoms with Gasteiger partial charge in [0, 0.05) is 23.1 Å². The van der Waals surface area contributed by atoms with E-state index in [1.807, 2.05) is 24.3 Å². The molecular weight excluding hydrogens is 366 g/mol. The summed E-state index contributed by atoms with van der Waals surface area (Å²) >= 11 is 4.67. The highest BCUT2D eigenvalue weighted by Gasteiger charge is 2.31. The number of hydrogen-bond donors (Lipinski definition) is 2. The van der Waals surface area contributed by atoms with Crippen molar-refractivity contribution >= 4 is 50.4 Å². The van der Waals surface area contributed by atoms with E-state index in [2.05, 4.69) is 38.5 Å². The zero-order valence-electron chi connectivity index (χ0n) is 12.3. The third-order valence-corrected chi connectivity index (χ3v) is 4.69. The summed E-state index contributed by atoms with van der Waals surface area (Å²) in [7, 11) is 0. The smallest absolute Gasteiger partial charge is 0.240 e. The molecule has 1 aromatic rings. The number of halogens is 1. The van der Waals surface area contributed by atoms with Crippen molar-refractivity contribution in [3.63, 3.8) is 0 Å². The van der Waals surface area contributed by atoms with Gasteiger partial charge in [0.05, 0.1) is 0 Å². The standard InChI is InChI=1S/C15H18BrN3O2S/c1-2-3-8-17-15-19-14(21)12(22-15)9-13(20)18-11-6-4-10(16)5-7-11/h4-7,12H,2-3,8-9H2,1H3,(H,18,20)(H,17,19,21)/t12-/m1/s1. The van der Waals surface area contributed by atoms with Gasteiger partial charge in [0.25, 0.3) is 0 Å². The molecule has 0 unspecified atom stereocenters. The Labute approximate surface area is 142 Å². The molecule has 0 aliphatic carbocycles. The summed E-state index contributed by atoms with van der Waals surface area (Å²) in [5, 5.41) is 5.74. The summed E-state index contributed by atoms with van der Waals surface area (Å²) in [6.07, 6.45) is 2.20. The maximum atomic E-state index is 12.0. The molecule has 2 N–H and O–H groups in total. The van der Waals surface area contributed by atoms with E-state index in [0.717, 1.165) is 17.3 Å². The summed E-state index contributed by atoms with van der Waals surface area (Å²) in [4.78, 5) is 28.2. The Morgan fingerprint density at radius 1 is 1.41 bits per heavy atom. The average molecular weight is 384 g/mol. The van der Waals surface area contributed by atoms with Gasteiger partial charge in [-0.3, -0.25) is 14.6 Å². The number of amides is 2. The number of benzene rings is 1. The van der Waals surface area contributed by atoms with Crippen LogP contribution < -0.4 is 10.6 Å². The number of thioether (sulfide) groups is 1. The first kappa shape index (κ1) is 17.0. The molecule has 118 valence electrons. The fraction of sp³-hybridized carbons (Fsp3) is 0.400.